The van der Waals surface area contributed by atoms with Crippen LogP contribution in [0, 0.1) is 11.8 Å². The first-order valence-electron chi connectivity index (χ1n) is 9.56. The van der Waals surface area contributed by atoms with Crippen molar-refractivity contribution in [2.24, 2.45) is 11.8 Å². The monoisotopic (exact) mass is 340 g/mol. The zero-order valence-electron chi connectivity index (χ0n) is 16.2. The van der Waals surface area contributed by atoms with E-state index in [0.717, 1.165) is 34.5 Å². The number of rotatable bonds is 4. The van der Waals surface area contributed by atoms with E-state index >= 15 is 0 Å². The van der Waals surface area contributed by atoms with Gasteiger partial charge in [0.05, 0.1) is 0 Å². The fourth-order valence-corrected chi connectivity index (χ4v) is 13.1. The quantitative estimate of drug-likeness (QED) is 0.462. The standard InChI is InChI=1S/C20H38P2/c1-13(2)19(21-15(5)9-10-16(21)6)20(14(3)4)22-17(7)11-12-18(22)8/h13-18H,9-12H2,1-8H3/b20-19-. The Kier molecular flexibility index (Phi) is 6.59. The second kappa shape index (κ2) is 7.66. The molecule has 4 atom stereocenters. The predicted molar refractivity (Wildman–Crippen MR) is 107 cm³/mol. The van der Waals surface area contributed by atoms with E-state index in [1.807, 2.05) is 10.6 Å². The second-order valence-corrected chi connectivity index (χ2v) is 14.6. The number of hydrogen-bond donors (Lipinski definition) is 0. The molecule has 4 unspecified atom stereocenters. The van der Waals surface area contributed by atoms with E-state index in [4.69, 9.17) is 0 Å². The molecule has 0 N–H and O–H groups in total. The average Bonchev–Trinajstić information content (AvgIpc) is 2.91. The number of allylic oxidation sites excluding steroid dienone is 2. The third-order valence-electron chi connectivity index (χ3n) is 5.82. The maximum Gasteiger partial charge on any atom is -0.0198 e. The topological polar surface area (TPSA) is 0 Å². The summed E-state index contributed by atoms with van der Waals surface area (Å²) in [5.74, 6) is 1.52. The normalized spacial score (nSPS) is 40.6. The molecule has 0 bridgehead atoms. The summed E-state index contributed by atoms with van der Waals surface area (Å²) < 4.78 is 0. The van der Waals surface area contributed by atoms with E-state index < -0.39 is 0 Å². The minimum Gasteiger partial charge on any atom is -0.0733 e. The summed E-state index contributed by atoms with van der Waals surface area (Å²) in [6.07, 6.45) is 5.88. The van der Waals surface area contributed by atoms with Crippen molar-refractivity contribution in [2.75, 3.05) is 0 Å². The zero-order chi connectivity index (χ0) is 16.6. The molecule has 22 heavy (non-hydrogen) atoms. The summed E-state index contributed by atoms with van der Waals surface area (Å²) in [4.78, 5) is 0. The van der Waals surface area contributed by atoms with Gasteiger partial charge in [0.15, 0.2) is 0 Å². The first-order chi connectivity index (χ1) is 10.3. The maximum absolute atomic E-state index is 2.55. The molecular formula is C20H38P2. The van der Waals surface area contributed by atoms with Gasteiger partial charge in [0.1, 0.15) is 0 Å². The molecule has 2 fully saturated rings. The van der Waals surface area contributed by atoms with Crippen molar-refractivity contribution in [1.29, 1.82) is 0 Å². The number of hydrogen-bond acceptors (Lipinski definition) is 0. The molecule has 0 saturated carbocycles. The summed E-state index contributed by atoms with van der Waals surface area (Å²) >= 11 is 0. The molecule has 0 aromatic heterocycles. The van der Waals surface area contributed by atoms with Gasteiger partial charge in [-0.2, -0.15) is 0 Å². The van der Waals surface area contributed by atoms with Gasteiger partial charge in [-0.1, -0.05) is 71.2 Å². The average molecular weight is 340 g/mol. The Morgan fingerprint density at radius 2 is 0.818 bits per heavy atom. The Morgan fingerprint density at radius 3 is 1.00 bits per heavy atom. The van der Waals surface area contributed by atoms with Crippen molar-refractivity contribution in [1.82, 2.24) is 0 Å². The van der Waals surface area contributed by atoms with Crippen molar-refractivity contribution < 1.29 is 0 Å². The van der Waals surface area contributed by atoms with Crippen molar-refractivity contribution >= 4 is 15.8 Å². The van der Waals surface area contributed by atoms with Gasteiger partial charge in [-0.3, -0.25) is 0 Å². The Bertz CT molecular complexity index is 352. The van der Waals surface area contributed by atoms with E-state index in [2.05, 4.69) is 55.4 Å². The SMILES string of the molecule is CC(C)/C(=C(\C(C)C)P1C(C)CCC1C)P1C(C)CCC1C. The van der Waals surface area contributed by atoms with Gasteiger partial charge < -0.3 is 0 Å². The third-order valence-corrected chi connectivity index (χ3v) is 13.5. The van der Waals surface area contributed by atoms with Crippen LogP contribution in [0.1, 0.15) is 81.1 Å². The summed E-state index contributed by atoms with van der Waals surface area (Å²) in [5.41, 5.74) is 3.83. The largest absolute Gasteiger partial charge is 0.0733 e. The lowest BCUT2D eigenvalue weighted by atomic mass is 10.1. The Labute approximate surface area is 142 Å². The molecule has 2 heteroatoms. The van der Waals surface area contributed by atoms with Gasteiger partial charge in [0.25, 0.3) is 0 Å². The van der Waals surface area contributed by atoms with Crippen LogP contribution in [0.25, 0.3) is 0 Å². The van der Waals surface area contributed by atoms with Crippen molar-refractivity contribution in [3.63, 3.8) is 0 Å². The van der Waals surface area contributed by atoms with Crippen LogP contribution in [-0.2, 0) is 0 Å². The smallest absolute Gasteiger partial charge is 0.0198 e. The molecule has 0 nitrogen and oxygen atoms in total. The predicted octanol–water partition coefficient (Wildman–Crippen LogP) is 7.62. The van der Waals surface area contributed by atoms with Gasteiger partial charge in [-0.15, -0.1) is 0 Å². The molecule has 2 rings (SSSR count). The Hall–Kier alpha value is 0.600. The molecule has 0 aromatic rings. The van der Waals surface area contributed by atoms with Crippen LogP contribution in [0.15, 0.2) is 10.6 Å². The molecule has 0 amide bonds. The summed E-state index contributed by atoms with van der Waals surface area (Å²) in [6, 6.07) is 0. The second-order valence-electron chi connectivity index (χ2n) is 8.45. The van der Waals surface area contributed by atoms with E-state index in [9.17, 15) is 0 Å². The lowest BCUT2D eigenvalue weighted by Crippen LogP contribution is -2.13. The Balaban J connectivity index is 2.53. The zero-order valence-corrected chi connectivity index (χ0v) is 18.0. The van der Waals surface area contributed by atoms with Crippen LogP contribution in [0.4, 0.5) is 0 Å². The molecule has 2 aliphatic rings. The molecule has 0 radical (unpaired) electrons. The summed E-state index contributed by atoms with van der Waals surface area (Å²) in [5, 5.41) is 3.93. The van der Waals surface area contributed by atoms with Crippen LogP contribution in [0.3, 0.4) is 0 Å². The highest BCUT2D eigenvalue weighted by molar-refractivity contribution is 7.68. The minimum atomic E-state index is 0.0994. The summed E-state index contributed by atoms with van der Waals surface area (Å²) in [7, 11) is 0.199. The van der Waals surface area contributed by atoms with Gasteiger partial charge in [0, 0.05) is 0 Å². The fraction of sp³-hybridized carbons (Fsp3) is 0.900. The van der Waals surface area contributed by atoms with Crippen molar-refractivity contribution in [3.05, 3.63) is 10.6 Å². The van der Waals surface area contributed by atoms with E-state index in [1.165, 1.54) is 25.7 Å². The van der Waals surface area contributed by atoms with Crippen LogP contribution in [0.5, 0.6) is 0 Å². The third kappa shape index (κ3) is 3.64. The molecule has 128 valence electrons. The van der Waals surface area contributed by atoms with Gasteiger partial charge in [-0.25, -0.2) is 0 Å². The van der Waals surface area contributed by atoms with Crippen LogP contribution >= 0.6 is 15.8 Å². The van der Waals surface area contributed by atoms with Crippen molar-refractivity contribution in [3.8, 4) is 0 Å². The molecule has 0 spiro atoms. The van der Waals surface area contributed by atoms with Gasteiger partial charge >= 0.3 is 0 Å². The molecule has 2 heterocycles. The maximum atomic E-state index is 2.55. The first-order valence-corrected chi connectivity index (χ1v) is 12.5. The first kappa shape index (κ1) is 18.9. The molecule has 0 aliphatic carbocycles. The van der Waals surface area contributed by atoms with Crippen LogP contribution in [0.2, 0.25) is 0 Å². The van der Waals surface area contributed by atoms with Gasteiger partial charge in [-0.05, 0) is 70.8 Å². The lowest BCUT2D eigenvalue weighted by molar-refractivity contribution is 0.747. The highest BCUT2D eigenvalue weighted by Gasteiger charge is 2.40. The van der Waals surface area contributed by atoms with E-state index in [0.29, 0.717) is 0 Å². The van der Waals surface area contributed by atoms with E-state index in [-0.39, 0.29) is 15.8 Å². The lowest BCUT2D eigenvalue weighted by Gasteiger charge is -2.37. The highest BCUT2D eigenvalue weighted by Crippen LogP contribution is 2.71. The molecule has 2 saturated heterocycles. The fourth-order valence-electron chi connectivity index (χ4n) is 4.79. The van der Waals surface area contributed by atoms with Crippen LogP contribution in [-0.4, -0.2) is 22.6 Å². The summed E-state index contributed by atoms with van der Waals surface area (Å²) in [6.45, 7) is 20.1. The molecule has 2 aliphatic heterocycles. The minimum absolute atomic E-state index is 0.0994. The molecule has 0 aromatic carbocycles. The van der Waals surface area contributed by atoms with Crippen LogP contribution < -0.4 is 0 Å². The van der Waals surface area contributed by atoms with E-state index in [1.54, 1.807) is 0 Å². The van der Waals surface area contributed by atoms with Gasteiger partial charge in [0.2, 0.25) is 0 Å². The Morgan fingerprint density at radius 1 is 0.591 bits per heavy atom. The molecular weight excluding hydrogens is 302 g/mol. The highest BCUT2D eigenvalue weighted by atomic mass is 31.1. The van der Waals surface area contributed by atoms with Crippen molar-refractivity contribution in [2.45, 2.75) is 104 Å².